The minimum Gasteiger partial charge on any atom is -0.455 e. The maximum absolute atomic E-state index is 6.89. The number of furan rings is 3. The van der Waals surface area contributed by atoms with Crippen molar-refractivity contribution in [3.8, 4) is 45.3 Å². The zero-order chi connectivity index (χ0) is 33.5. The number of benzene rings is 7. The van der Waals surface area contributed by atoms with Crippen LogP contribution in [0.1, 0.15) is 0 Å². The number of rotatable bonds is 4. The molecule has 11 aromatic rings. The van der Waals surface area contributed by atoms with Gasteiger partial charge in [0.15, 0.2) is 17.5 Å². The summed E-state index contributed by atoms with van der Waals surface area (Å²) in [7, 11) is 0. The van der Waals surface area contributed by atoms with E-state index in [1.807, 2.05) is 91.0 Å². The molecule has 0 amide bonds. The van der Waals surface area contributed by atoms with E-state index in [1.165, 1.54) is 0 Å². The molecule has 0 aliphatic heterocycles. The van der Waals surface area contributed by atoms with E-state index in [1.54, 1.807) is 0 Å². The highest BCUT2D eigenvalue weighted by Gasteiger charge is 2.22. The summed E-state index contributed by atoms with van der Waals surface area (Å²) in [6.07, 6.45) is 0. The largest absolute Gasteiger partial charge is 0.455 e. The van der Waals surface area contributed by atoms with Crippen LogP contribution in [0.3, 0.4) is 0 Å². The number of fused-ring (bicyclic) bond motifs is 9. The molecule has 0 fully saturated rings. The Morgan fingerprint density at radius 3 is 1.20 bits per heavy atom. The topological polar surface area (TPSA) is 78.1 Å². The van der Waals surface area contributed by atoms with Crippen molar-refractivity contribution in [2.45, 2.75) is 0 Å². The molecule has 0 unspecified atom stereocenters. The summed E-state index contributed by atoms with van der Waals surface area (Å²) in [6.45, 7) is 0. The molecule has 51 heavy (non-hydrogen) atoms. The molecule has 7 aromatic carbocycles. The van der Waals surface area contributed by atoms with E-state index in [4.69, 9.17) is 28.2 Å². The third kappa shape index (κ3) is 4.20. The molecule has 0 aliphatic carbocycles. The lowest BCUT2D eigenvalue weighted by Gasteiger charge is -2.09. The van der Waals surface area contributed by atoms with Gasteiger partial charge in [-0.3, -0.25) is 0 Å². The molecule has 6 nitrogen and oxygen atoms in total. The summed E-state index contributed by atoms with van der Waals surface area (Å²) in [5, 5.41) is 6.20. The van der Waals surface area contributed by atoms with Crippen LogP contribution in [-0.4, -0.2) is 15.0 Å². The Hall–Kier alpha value is -7.05. The van der Waals surface area contributed by atoms with Crippen LogP contribution < -0.4 is 0 Å². The van der Waals surface area contributed by atoms with E-state index >= 15 is 0 Å². The number of hydrogen-bond acceptors (Lipinski definition) is 6. The molecule has 0 N–H and O–H groups in total. The number of para-hydroxylation sites is 6. The van der Waals surface area contributed by atoms with Crippen molar-refractivity contribution in [1.82, 2.24) is 15.0 Å². The first-order valence-electron chi connectivity index (χ1n) is 16.9. The molecular weight excluding hydrogens is 631 g/mol. The van der Waals surface area contributed by atoms with Crippen LogP contribution in [0.25, 0.3) is 111 Å². The van der Waals surface area contributed by atoms with E-state index in [0.29, 0.717) is 23.1 Å². The lowest BCUT2D eigenvalue weighted by Crippen LogP contribution is -2.00. The van der Waals surface area contributed by atoms with Gasteiger partial charge in [0, 0.05) is 49.0 Å². The third-order valence-electron chi connectivity index (χ3n) is 9.77. The number of hydrogen-bond donors (Lipinski definition) is 0. The summed E-state index contributed by atoms with van der Waals surface area (Å²) in [4.78, 5) is 15.2. The highest BCUT2D eigenvalue weighted by atomic mass is 16.3. The smallest absolute Gasteiger partial charge is 0.167 e. The molecule has 0 bridgehead atoms. The van der Waals surface area contributed by atoms with Gasteiger partial charge in [-0.05, 0) is 24.3 Å². The van der Waals surface area contributed by atoms with Crippen LogP contribution in [0.2, 0.25) is 0 Å². The summed E-state index contributed by atoms with van der Waals surface area (Å²) < 4.78 is 19.7. The first-order chi connectivity index (χ1) is 25.3. The second-order valence-electron chi connectivity index (χ2n) is 12.7. The highest BCUT2D eigenvalue weighted by Crippen LogP contribution is 2.43. The zero-order valence-electron chi connectivity index (χ0n) is 27.0. The Labute approximate surface area is 290 Å². The molecule has 4 aromatic heterocycles. The molecule has 238 valence electrons. The van der Waals surface area contributed by atoms with Crippen LogP contribution in [0.4, 0.5) is 0 Å². The van der Waals surface area contributed by atoms with Gasteiger partial charge in [0.2, 0.25) is 0 Å². The van der Waals surface area contributed by atoms with E-state index < -0.39 is 0 Å². The Bertz CT molecular complexity index is 3150. The Morgan fingerprint density at radius 2 is 0.647 bits per heavy atom. The monoisotopic (exact) mass is 655 g/mol. The van der Waals surface area contributed by atoms with Crippen LogP contribution in [0.15, 0.2) is 165 Å². The van der Waals surface area contributed by atoms with Crippen molar-refractivity contribution < 1.29 is 13.3 Å². The van der Waals surface area contributed by atoms with Gasteiger partial charge in [-0.2, -0.15) is 0 Å². The maximum atomic E-state index is 6.89. The predicted octanol–water partition coefficient (Wildman–Crippen LogP) is 12.2. The maximum Gasteiger partial charge on any atom is 0.167 e. The standard InChI is InChI=1S/C45H25N3O3/c1-2-12-26(13-3-1)43-46-44(35-22-10-17-30-28-15-5-7-25-38(28)50-41(30)35)48-45(47-43)36-23-11-21-34-33-20-9-19-32(40(33)51-42(34)36)31-18-8-16-29-27-14-4-6-24-37(27)49-39(29)31/h1-25H. The first kappa shape index (κ1) is 27.9. The fourth-order valence-electron chi connectivity index (χ4n) is 7.42. The van der Waals surface area contributed by atoms with Crippen molar-refractivity contribution in [2.75, 3.05) is 0 Å². The van der Waals surface area contributed by atoms with Gasteiger partial charge in [-0.1, -0.05) is 127 Å². The minimum atomic E-state index is 0.512. The average Bonchev–Trinajstić information content (AvgIpc) is 3.89. The summed E-state index contributed by atoms with van der Waals surface area (Å²) >= 11 is 0. The van der Waals surface area contributed by atoms with Crippen molar-refractivity contribution in [1.29, 1.82) is 0 Å². The Kier molecular flexibility index (Phi) is 5.86. The van der Waals surface area contributed by atoms with Crippen molar-refractivity contribution in [3.05, 3.63) is 152 Å². The van der Waals surface area contributed by atoms with Gasteiger partial charge in [-0.25, -0.2) is 15.0 Å². The van der Waals surface area contributed by atoms with E-state index in [2.05, 4.69) is 60.7 Å². The molecule has 0 radical (unpaired) electrons. The third-order valence-corrected chi connectivity index (χ3v) is 9.77. The lowest BCUT2D eigenvalue weighted by atomic mass is 9.99. The Morgan fingerprint density at radius 1 is 0.275 bits per heavy atom. The first-order valence-corrected chi connectivity index (χ1v) is 16.9. The predicted molar refractivity (Wildman–Crippen MR) is 203 cm³/mol. The van der Waals surface area contributed by atoms with Gasteiger partial charge in [0.1, 0.15) is 33.5 Å². The van der Waals surface area contributed by atoms with Crippen molar-refractivity contribution >= 4 is 65.8 Å². The number of nitrogens with zero attached hydrogens (tertiary/aromatic N) is 3. The molecule has 4 heterocycles. The van der Waals surface area contributed by atoms with Crippen molar-refractivity contribution in [2.24, 2.45) is 0 Å². The van der Waals surface area contributed by atoms with Crippen LogP contribution in [-0.2, 0) is 0 Å². The highest BCUT2D eigenvalue weighted by molar-refractivity contribution is 6.16. The van der Waals surface area contributed by atoms with Gasteiger partial charge in [0.05, 0.1) is 11.1 Å². The normalized spacial score (nSPS) is 11.9. The van der Waals surface area contributed by atoms with Gasteiger partial charge >= 0.3 is 0 Å². The molecule has 0 atom stereocenters. The van der Waals surface area contributed by atoms with Gasteiger partial charge in [0.25, 0.3) is 0 Å². The van der Waals surface area contributed by atoms with E-state index in [-0.39, 0.29) is 0 Å². The molecule has 0 saturated heterocycles. The summed E-state index contributed by atoms with van der Waals surface area (Å²) in [5.74, 6) is 1.60. The molecule has 0 saturated carbocycles. The number of aromatic nitrogens is 3. The lowest BCUT2D eigenvalue weighted by molar-refractivity contribution is 0.665. The summed E-state index contributed by atoms with van der Waals surface area (Å²) in [6, 6.07) is 51.0. The minimum absolute atomic E-state index is 0.512. The van der Waals surface area contributed by atoms with Crippen molar-refractivity contribution in [3.63, 3.8) is 0 Å². The molecule has 6 heteroatoms. The molecular formula is C45H25N3O3. The zero-order valence-corrected chi connectivity index (χ0v) is 27.0. The van der Waals surface area contributed by atoms with E-state index in [9.17, 15) is 0 Å². The van der Waals surface area contributed by atoms with Gasteiger partial charge < -0.3 is 13.3 Å². The molecule has 0 aliphatic rings. The SMILES string of the molecule is c1ccc(-c2nc(-c3cccc4c3oc3ccccc34)nc(-c3cccc4c3oc3c(-c5cccc6c5oc5ccccc56)cccc34)n2)cc1. The van der Waals surface area contributed by atoms with Crippen LogP contribution in [0, 0.1) is 0 Å². The Balaban J connectivity index is 1.15. The van der Waals surface area contributed by atoms with E-state index in [0.717, 1.165) is 88.0 Å². The fraction of sp³-hybridized carbons (Fsp3) is 0. The average molecular weight is 656 g/mol. The second kappa shape index (κ2) is 10.7. The quantitative estimate of drug-likeness (QED) is 0.188. The van der Waals surface area contributed by atoms with Gasteiger partial charge in [-0.15, -0.1) is 0 Å². The van der Waals surface area contributed by atoms with Crippen LogP contribution in [0.5, 0.6) is 0 Å². The molecule has 0 spiro atoms. The second-order valence-corrected chi connectivity index (χ2v) is 12.7. The fourth-order valence-corrected chi connectivity index (χ4v) is 7.42. The molecule has 11 rings (SSSR count). The van der Waals surface area contributed by atoms with Crippen LogP contribution >= 0.6 is 0 Å². The summed E-state index contributed by atoms with van der Waals surface area (Å²) in [5.41, 5.74) is 9.11.